The number of hydrogen-bond donors (Lipinski definition) is 1. The lowest BCUT2D eigenvalue weighted by Gasteiger charge is -2.20. The zero-order valence-corrected chi connectivity index (χ0v) is 14.6. The molecule has 4 heteroatoms. The van der Waals surface area contributed by atoms with Gasteiger partial charge in [-0.15, -0.1) is 0 Å². The van der Waals surface area contributed by atoms with Gasteiger partial charge in [-0.05, 0) is 61.5 Å². The van der Waals surface area contributed by atoms with Gasteiger partial charge < -0.3 is 10.1 Å². The molecule has 2 fully saturated rings. The van der Waals surface area contributed by atoms with Crippen LogP contribution in [0.5, 0.6) is 0 Å². The maximum atomic E-state index is 12.1. The minimum Gasteiger partial charge on any atom is -0.456 e. The van der Waals surface area contributed by atoms with Gasteiger partial charge in [0.25, 0.3) is 5.91 Å². The van der Waals surface area contributed by atoms with Crippen molar-refractivity contribution in [2.45, 2.75) is 52.4 Å². The Morgan fingerprint density at radius 1 is 1.25 bits per heavy atom. The highest BCUT2D eigenvalue weighted by atomic mass is 16.5. The number of ether oxygens (including phenoxy) is 1. The van der Waals surface area contributed by atoms with Gasteiger partial charge in [-0.1, -0.05) is 31.5 Å². The molecule has 0 aliphatic heterocycles. The van der Waals surface area contributed by atoms with Gasteiger partial charge >= 0.3 is 5.97 Å². The quantitative estimate of drug-likeness (QED) is 0.806. The highest BCUT2D eigenvalue weighted by Crippen LogP contribution is 2.49. The molecule has 2 aliphatic rings. The average molecular weight is 329 g/mol. The zero-order valence-electron chi connectivity index (χ0n) is 14.6. The topological polar surface area (TPSA) is 55.4 Å². The Bertz CT molecular complexity index is 625. The molecule has 1 aromatic carbocycles. The van der Waals surface area contributed by atoms with Crippen molar-refractivity contribution in [1.29, 1.82) is 0 Å². The van der Waals surface area contributed by atoms with E-state index in [1.807, 2.05) is 25.1 Å². The second-order valence-electron chi connectivity index (χ2n) is 7.31. The zero-order chi connectivity index (χ0) is 17.1. The van der Waals surface area contributed by atoms with E-state index in [1.54, 1.807) is 0 Å². The summed E-state index contributed by atoms with van der Waals surface area (Å²) in [5.74, 6) is 1.51. The fraction of sp³-hybridized carbons (Fsp3) is 0.600. The molecule has 4 nitrogen and oxygen atoms in total. The summed E-state index contributed by atoms with van der Waals surface area (Å²) in [5.41, 5.74) is 2.96. The molecule has 0 radical (unpaired) electrons. The van der Waals surface area contributed by atoms with E-state index >= 15 is 0 Å². The number of esters is 1. The van der Waals surface area contributed by atoms with Crippen LogP contribution in [-0.4, -0.2) is 18.5 Å². The van der Waals surface area contributed by atoms with E-state index in [0.717, 1.165) is 35.6 Å². The Labute approximate surface area is 144 Å². The number of benzene rings is 1. The highest BCUT2D eigenvalue weighted by molar-refractivity contribution is 5.94. The Morgan fingerprint density at radius 3 is 2.75 bits per heavy atom. The first-order chi connectivity index (χ1) is 11.6. The Kier molecular flexibility index (Phi) is 5.22. The molecule has 2 bridgehead atoms. The van der Waals surface area contributed by atoms with Gasteiger partial charge in [0.05, 0.1) is 0 Å². The van der Waals surface area contributed by atoms with Crippen LogP contribution in [0.15, 0.2) is 18.2 Å². The average Bonchev–Trinajstić information content (AvgIpc) is 3.17. The molecular formula is C20H27NO3. The first kappa shape index (κ1) is 17.0. The second kappa shape index (κ2) is 7.37. The predicted molar refractivity (Wildman–Crippen MR) is 93.7 cm³/mol. The first-order valence-electron chi connectivity index (χ1n) is 9.10. The predicted octanol–water partition coefficient (Wildman–Crippen LogP) is 3.87. The summed E-state index contributed by atoms with van der Waals surface area (Å²) in [6.45, 7) is 3.83. The van der Waals surface area contributed by atoms with Crippen LogP contribution < -0.4 is 5.32 Å². The van der Waals surface area contributed by atoms with Crippen molar-refractivity contribution in [3.8, 4) is 0 Å². The van der Waals surface area contributed by atoms with Crippen LogP contribution in [0.2, 0.25) is 0 Å². The van der Waals surface area contributed by atoms with Crippen LogP contribution in [0.4, 0.5) is 5.69 Å². The van der Waals surface area contributed by atoms with Gasteiger partial charge in [0, 0.05) is 12.1 Å². The van der Waals surface area contributed by atoms with E-state index in [9.17, 15) is 9.59 Å². The number of fused-ring (bicyclic) bond motifs is 2. The molecular weight excluding hydrogens is 302 g/mol. The number of aryl methyl sites for hydroxylation is 2. The summed E-state index contributed by atoms with van der Waals surface area (Å²) in [4.78, 5) is 24.1. The molecule has 0 saturated heterocycles. The summed E-state index contributed by atoms with van der Waals surface area (Å²) >= 11 is 0. The minimum atomic E-state index is -0.264. The van der Waals surface area contributed by atoms with Crippen molar-refractivity contribution in [3.63, 3.8) is 0 Å². The third-order valence-electron chi connectivity index (χ3n) is 5.68. The van der Waals surface area contributed by atoms with Gasteiger partial charge in [-0.2, -0.15) is 0 Å². The number of amides is 1. The summed E-state index contributed by atoms with van der Waals surface area (Å²) < 4.78 is 5.21. The molecule has 24 heavy (non-hydrogen) atoms. The van der Waals surface area contributed by atoms with Crippen LogP contribution in [-0.2, 0) is 20.7 Å². The molecule has 2 aliphatic carbocycles. The number of para-hydroxylation sites is 1. The third-order valence-corrected chi connectivity index (χ3v) is 5.68. The smallest absolute Gasteiger partial charge is 0.306 e. The van der Waals surface area contributed by atoms with Crippen LogP contribution in [0.1, 0.15) is 50.2 Å². The van der Waals surface area contributed by atoms with E-state index in [-0.39, 0.29) is 18.5 Å². The van der Waals surface area contributed by atoms with Gasteiger partial charge in [0.1, 0.15) is 0 Å². The molecule has 1 aromatic rings. The normalized spacial score (nSPS) is 24.8. The number of nitrogens with one attached hydrogen (secondary N) is 1. The van der Waals surface area contributed by atoms with E-state index < -0.39 is 0 Å². The minimum absolute atomic E-state index is 0.197. The monoisotopic (exact) mass is 329 g/mol. The van der Waals surface area contributed by atoms with E-state index in [0.29, 0.717) is 18.3 Å². The first-order valence-corrected chi connectivity index (χ1v) is 9.10. The maximum Gasteiger partial charge on any atom is 0.306 e. The van der Waals surface area contributed by atoms with E-state index in [4.69, 9.17) is 4.74 Å². The van der Waals surface area contributed by atoms with Crippen LogP contribution in [0.3, 0.4) is 0 Å². The molecule has 0 spiro atoms. The SMILES string of the molecule is CCc1cccc(C)c1NC(=O)COC(=O)C[C@H]1C[C@H]2CC[C@@H]1C2. The summed E-state index contributed by atoms with van der Waals surface area (Å²) in [6.07, 6.45) is 6.35. The molecule has 2 saturated carbocycles. The third kappa shape index (κ3) is 3.80. The fourth-order valence-corrected chi connectivity index (χ4v) is 4.42. The second-order valence-corrected chi connectivity index (χ2v) is 7.31. The fourth-order valence-electron chi connectivity index (χ4n) is 4.42. The van der Waals surface area contributed by atoms with Gasteiger partial charge in [-0.25, -0.2) is 0 Å². The van der Waals surface area contributed by atoms with Crippen LogP contribution in [0.25, 0.3) is 0 Å². The molecule has 3 rings (SSSR count). The Balaban J connectivity index is 1.46. The molecule has 0 heterocycles. The summed E-state index contributed by atoms with van der Waals surface area (Å²) in [7, 11) is 0. The Morgan fingerprint density at radius 2 is 2.08 bits per heavy atom. The highest BCUT2D eigenvalue weighted by Gasteiger charge is 2.40. The van der Waals surface area contributed by atoms with Crippen molar-refractivity contribution in [2.24, 2.45) is 17.8 Å². The molecule has 0 unspecified atom stereocenters. The standard InChI is InChI=1S/C20H27NO3/c1-3-15-6-4-5-13(2)20(15)21-18(22)12-24-19(23)11-17-10-14-7-8-16(17)9-14/h4-6,14,16-17H,3,7-12H2,1-2H3,(H,21,22)/t14-,16+,17+/m0/s1. The van der Waals surface area contributed by atoms with E-state index in [2.05, 4.69) is 12.2 Å². The molecule has 3 atom stereocenters. The van der Waals surface area contributed by atoms with Crippen molar-refractivity contribution in [3.05, 3.63) is 29.3 Å². The largest absolute Gasteiger partial charge is 0.456 e. The van der Waals surface area contributed by atoms with Crippen molar-refractivity contribution >= 4 is 17.6 Å². The lowest BCUT2D eigenvalue weighted by Crippen LogP contribution is -2.24. The lowest BCUT2D eigenvalue weighted by atomic mass is 9.86. The van der Waals surface area contributed by atoms with Crippen molar-refractivity contribution in [2.75, 3.05) is 11.9 Å². The number of carbonyl (C=O) groups excluding carboxylic acids is 2. The maximum absolute atomic E-state index is 12.1. The molecule has 0 aromatic heterocycles. The summed E-state index contributed by atoms with van der Waals surface area (Å²) in [6, 6.07) is 5.96. The van der Waals surface area contributed by atoms with Crippen molar-refractivity contribution in [1.82, 2.24) is 0 Å². The number of hydrogen-bond acceptors (Lipinski definition) is 3. The number of anilines is 1. The number of rotatable bonds is 6. The van der Waals surface area contributed by atoms with Gasteiger partial charge in [0.15, 0.2) is 6.61 Å². The lowest BCUT2D eigenvalue weighted by molar-refractivity contribution is -0.148. The van der Waals surface area contributed by atoms with Crippen LogP contribution in [0, 0.1) is 24.7 Å². The van der Waals surface area contributed by atoms with Gasteiger partial charge in [0.2, 0.25) is 0 Å². The van der Waals surface area contributed by atoms with Crippen molar-refractivity contribution < 1.29 is 14.3 Å². The van der Waals surface area contributed by atoms with Crippen LogP contribution >= 0.6 is 0 Å². The van der Waals surface area contributed by atoms with Gasteiger partial charge in [-0.3, -0.25) is 9.59 Å². The van der Waals surface area contributed by atoms with E-state index in [1.165, 1.54) is 19.3 Å². The molecule has 1 N–H and O–H groups in total. The number of carbonyl (C=O) groups is 2. The molecule has 1 amide bonds. The molecule has 130 valence electrons. The summed E-state index contributed by atoms with van der Waals surface area (Å²) in [5, 5.41) is 2.89. The Hall–Kier alpha value is -1.84.